The van der Waals surface area contributed by atoms with Crippen LogP contribution in [0.5, 0.6) is 0 Å². The minimum absolute atomic E-state index is 0.235. The number of rotatable bonds is 2. The molecule has 1 N–H and O–H groups in total. The highest BCUT2D eigenvalue weighted by Crippen LogP contribution is 2.21. The average molecular weight is 252 g/mol. The van der Waals surface area contributed by atoms with Crippen molar-refractivity contribution in [2.45, 2.75) is 13.5 Å². The summed E-state index contributed by atoms with van der Waals surface area (Å²) in [6.45, 7) is 2.40. The predicted octanol–water partition coefficient (Wildman–Crippen LogP) is 2.37. The number of nitrogens with zero attached hydrogens (tertiary/aromatic N) is 1. The maximum atomic E-state index is 11.9. The monoisotopic (exact) mass is 251 g/mol. The first-order valence-electron chi connectivity index (χ1n) is 5.11. The molecule has 0 spiro atoms. The van der Waals surface area contributed by atoms with E-state index in [1.165, 1.54) is 6.20 Å². The number of aryl methyl sites for hydroxylation is 1. The summed E-state index contributed by atoms with van der Waals surface area (Å²) in [7, 11) is 0. The second-order valence-electron chi connectivity index (χ2n) is 3.60. The molecule has 1 aromatic carbocycles. The maximum Gasteiger partial charge on any atom is 0.341 e. The Bertz CT molecular complexity index is 661. The van der Waals surface area contributed by atoms with Crippen LogP contribution in [0.2, 0.25) is 5.02 Å². The Kier molecular flexibility index (Phi) is 2.90. The molecule has 0 saturated carbocycles. The molecule has 0 saturated heterocycles. The lowest BCUT2D eigenvalue weighted by Crippen LogP contribution is -2.18. The molecule has 0 atom stereocenters. The Hall–Kier alpha value is -1.81. The summed E-state index contributed by atoms with van der Waals surface area (Å²) in [5.74, 6) is -1.22. The quantitative estimate of drug-likeness (QED) is 0.891. The predicted molar refractivity (Wildman–Crippen MR) is 65.9 cm³/mol. The van der Waals surface area contributed by atoms with Crippen LogP contribution in [0.1, 0.15) is 17.3 Å². The third kappa shape index (κ3) is 1.80. The van der Waals surface area contributed by atoms with E-state index in [1.54, 1.807) is 22.8 Å². The summed E-state index contributed by atoms with van der Waals surface area (Å²) in [5, 5.41) is 9.74. The highest BCUT2D eigenvalue weighted by atomic mass is 35.5. The van der Waals surface area contributed by atoms with Gasteiger partial charge in [-0.15, -0.1) is 0 Å². The van der Waals surface area contributed by atoms with Gasteiger partial charge in [0.15, 0.2) is 0 Å². The minimum Gasteiger partial charge on any atom is -0.477 e. The van der Waals surface area contributed by atoms with Crippen molar-refractivity contribution in [1.82, 2.24) is 4.57 Å². The molecule has 4 nitrogen and oxygen atoms in total. The molecular formula is C12H10ClNO3. The highest BCUT2D eigenvalue weighted by Gasteiger charge is 2.15. The zero-order valence-corrected chi connectivity index (χ0v) is 9.86. The first kappa shape index (κ1) is 11.7. The van der Waals surface area contributed by atoms with Gasteiger partial charge < -0.3 is 9.67 Å². The molecule has 0 aliphatic carbocycles. The van der Waals surface area contributed by atoms with Crippen molar-refractivity contribution >= 4 is 28.5 Å². The molecule has 2 aromatic rings. The Balaban J connectivity index is 3.00. The van der Waals surface area contributed by atoms with Crippen LogP contribution >= 0.6 is 11.6 Å². The fourth-order valence-electron chi connectivity index (χ4n) is 1.82. The number of carboxylic acid groups (broad SMARTS) is 1. The van der Waals surface area contributed by atoms with Crippen LogP contribution in [0, 0.1) is 0 Å². The summed E-state index contributed by atoms with van der Waals surface area (Å²) in [4.78, 5) is 22.9. The molecule has 5 heteroatoms. The van der Waals surface area contributed by atoms with E-state index in [0.717, 1.165) is 0 Å². The molecule has 1 aromatic heterocycles. The lowest BCUT2D eigenvalue weighted by Gasteiger charge is -2.10. The van der Waals surface area contributed by atoms with Crippen molar-refractivity contribution in [3.63, 3.8) is 0 Å². The number of para-hydroxylation sites is 1. The van der Waals surface area contributed by atoms with Gasteiger partial charge >= 0.3 is 5.97 Å². The number of hydrogen-bond acceptors (Lipinski definition) is 2. The number of aromatic nitrogens is 1. The Morgan fingerprint density at radius 2 is 2.18 bits per heavy atom. The lowest BCUT2D eigenvalue weighted by molar-refractivity contribution is 0.0695. The molecule has 0 fully saturated rings. The normalized spacial score (nSPS) is 10.7. The Morgan fingerprint density at radius 3 is 2.76 bits per heavy atom. The van der Waals surface area contributed by atoms with Gasteiger partial charge in [0.05, 0.1) is 10.5 Å². The van der Waals surface area contributed by atoms with Crippen molar-refractivity contribution in [3.8, 4) is 0 Å². The zero-order chi connectivity index (χ0) is 12.6. The van der Waals surface area contributed by atoms with Crippen LogP contribution in [-0.4, -0.2) is 15.6 Å². The molecule has 2 rings (SSSR count). The van der Waals surface area contributed by atoms with Gasteiger partial charge in [-0.3, -0.25) is 4.79 Å². The van der Waals surface area contributed by atoms with Crippen molar-refractivity contribution in [1.29, 1.82) is 0 Å². The highest BCUT2D eigenvalue weighted by molar-refractivity contribution is 6.35. The molecule has 88 valence electrons. The van der Waals surface area contributed by atoms with Gasteiger partial charge in [0.2, 0.25) is 5.43 Å². The van der Waals surface area contributed by atoms with E-state index in [1.807, 2.05) is 6.92 Å². The fourth-order valence-corrected chi connectivity index (χ4v) is 2.10. The minimum atomic E-state index is -1.22. The molecule has 0 aliphatic rings. The van der Waals surface area contributed by atoms with Crippen LogP contribution < -0.4 is 5.43 Å². The number of halogens is 1. The molecule has 17 heavy (non-hydrogen) atoms. The molecule has 0 radical (unpaired) electrons. The second kappa shape index (κ2) is 4.22. The average Bonchev–Trinajstić information content (AvgIpc) is 2.30. The molecule has 0 amide bonds. The van der Waals surface area contributed by atoms with E-state index in [9.17, 15) is 9.59 Å². The second-order valence-corrected chi connectivity index (χ2v) is 4.01. The molecule has 1 heterocycles. The number of carboxylic acids is 1. The van der Waals surface area contributed by atoms with Crippen molar-refractivity contribution in [2.75, 3.05) is 0 Å². The molecule has 0 aliphatic heterocycles. The van der Waals surface area contributed by atoms with Gasteiger partial charge in [-0.05, 0) is 19.1 Å². The number of hydrogen-bond donors (Lipinski definition) is 1. The van der Waals surface area contributed by atoms with E-state index >= 15 is 0 Å². The van der Waals surface area contributed by atoms with Gasteiger partial charge in [0.25, 0.3) is 0 Å². The topological polar surface area (TPSA) is 59.3 Å². The third-order valence-electron chi connectivity index (χ3n) is 2.62. The van der Waals surface area contributed by atoms with Crippen molar-refractivity contribution in [3.05, 3.63) is 45.2 Å². The summed E-state index contributed by atoms with van der Waals surface area (Å²) in [5.41, 5.74) is -0.159. The zero-order valence-electron chi connectivity index (χ0n) is 9.11. The van der Waals surface area contributed by atoms with E-state index in [4.69, 9.17) is 16.7 Å². The Labute approximate surface area is 102 Å². The van der Waals surface area contributed by atoms with Crippen LogP contribution in [0.4, 0.5) is 0 Å². The maximum absolute atomic E-state index is 11.9. The largest absolute Gasteiger partial charge is 0.477 e. The summed E-state index contributed by atoms with van der Waals surface area (Å²) in [6, 6.07) is 4.90. The van der Waals surface area contributed by atoms with Crippen LogP contribution in [0.3, 0.4) is 0 Å². The summed E-state index contributed by atoms with van der Waals surface area (Å²) in [6.07, 6.45) is 1.33. The van der Waals surface area contributed by atoms with E-state index in [2.05, 4.69) is 0 Å². The number of benzene rings is 1. The van der Waals surface area contributed by atoms with E-state index < -0.39 is 11.4 Å². The SMILES string of the molecule is CCn1cc(C(=O)O)c(=O)c2cccc(Cl)c21. The summed E-state index contributed by atoms with van der Waals surface area (Å²) >= 11 is 6.04. The van der Waals surface area contributed by atoms with Gasteiger partial charge in [-0.25, -0.2) is 4.79 Å². The summed E-state index contributed by atoms with van der Waals surface area (Å²) < 4.78 is 1.67. The van der Waals surface area contributed by atoms with Gasteiger partial charge in [-0.2, -0.15) is 0 Å². The van der Waals surface area contributed by atoms with Gasteiger partial charge in [0.1, 0.15) is 5.56 Å². The number of carbonyl (C=O) groups is 1. The van der Waals surface area contributed by atoms with E-state index in [0.29, 0.717) is 22.5 Å². The van der Waals surface area contributed by atoms with Gasteiger partial charge in [0, 0.05) is 18.1 Å². The molecule has 0 bridgehead atoms. The standard InChI is InChI=1S/C12H10ClNO3/c1-2-14-6-8(12(16)17)11(15)7-4-3-5-9(13)10(7)14/h3-6H,2H2,1H3,(H,16,17). The fraction of sp³-hybridized carbons (Fsp3) is 0.167. The smallest absolute Gasteiger partial charge is 0.341 e. The first-order valence-corrected chi connectivity index (χ1v) is 5.49. The van der Waals surface area contributed by atoms with Crippen molar-refractivity contribution in [2.24, 2.45) is 0 Å². The number of pyridine rings is 1. The third-order valence-corrected chi connectivity index (χ3v) is 2.92. The lowest BCUT2D eigenvalue weighted by atomic mass is 10.1. The van der Waals surface area contributed by atoms with Gasteiger partial charge in [-0.1, -0.05) is 17.7 Å². The first-order chi connectivity index (χ1) is 8.06. The van der Waals surface area contributed by atoms with E-state index in [-0.39, 0.29) is 5.56 Å². The van der Waals surface area contributed by atoms with Crippen molar-refractivity contribution < 1.29 is 9.90 Å². The Morgan fingerprint density at radius 1 is 1.47 bits per heavy atom. The molecular weight excluding hydrogens is 242 g/mol. The number of aromatic carboxylic acids is 1. The molecule has 0 unspecified atom stereocenters. The van der Waals surface area contributed by atoms with Crippen LogP contribution in [-0.2, 0) is 6.54 Å². The van der Waals surface area contributed by atoms with Crippen LogP contribution in [0.25, 0.3) is 10.9 Å². The number of fused-ring (bicyclic) bond motifs is 1. The van der Waals surface area contributed by atoms with Crippen LogP contribution in [0.15, 0.2) is 29.2 Å².